The normalized spacial score (nSPS) is 23.7. The fourth-order valence-electron chi connectivity index (χ4n) is 2.39. The first kappa shape index (κ1) is 13.5. The van der Waals surface area contributed by atoms with Gasteiger partial charge in [-0.3, -0.25) is 4.79 Å². The molecule has 1 amide bonds. The lowest BCUT2D eigenvalue weighted by atomic mass is 9.82. The molecule has 0 aromatic carbocycles. The molecule has 1 aromatic heterocycles. The molecule has 4 heteroatoms. The van der Waals surface area contributed by atoms with Gasteiger partial charge in [-0.15, -0.1) is 0 Å². The number of rotatable bonds is 2. The first-order valence-electron chi connectivity index (χ1n) is 6.49. The van der Waals surface area contributed by atoms with Crippen LogP contribution in [0.4, 0.5) is 5.69 Å². The number of carbonyl (C=O) groups excluding carboxylic acids is 1. The van der Waals surface area contributed by atoms with Crippen molar-refractivity contribution in [3.8, 4) is 0 Å². The summed E-state index contributed by atoms with van der Waals surface area (Å²) in [6, 6.07) is 1.94. The number of nitrogens with one attached hydrogen (secondary N) is 1. The number of hydrogen-bond donors (Lipinski definition) is 1. The minimum absolute atomic E-state index is 0.144. The van der Waals surface area contributed by atoms with E-state index < -0.39 is 0 Å². The summed E-state index contributed by atoms with van der Waals surface area (Å²) in [6.07, 6.45) is 6.04. The molecule has 0 unspecified atom stereocenters. The van der Waals surface area contributed by atoms with Crippen molar-refractivity contribution in [3.05, 3.63) is 22.4 Å². The Labute approximate surface area is 117 Å². The maximum Gasteiger partial charge on any atom is 0.227 e. The number of anilines is 1. The fourth-order valence-corrected chi connectivity index (χ4v) is 2.61. The lowest BCUT2D eigenvalue weighted by Gasteiger charge is -2.25. The van der Waals surface area contributed by atoms with Crippen LogP contribution in [-0.4, -0.2) is 10.9 Å². The second-order valence-corrected chi connectivity index (χ2v) is 6.03. The standard InChI is InChI=1S/C14H19BrN2O/c1-9-3-5-11(6-4-9)14(18)17-12-7-10(2)13(15)16-8-12/h7-9,11H,3-6H2,1-2H3,(H,17,18). The van der Waals surface area contributed by atoms with E-state index in [9.17, 15) is 4.79 Å². The van der Waals surface area contributed by atoms with Crippen LogP contribution >= 0.6 is 15.9 Å². The van der Waals surface area contributed by atoms with Gasteiger partial charge in [-0.1, -0.05) is 6.92 Å². The van der Waals surface area contributed by atoms with Crippen molar-refractivity contribution >= 4 is 27.5 Å². The minimum atomic E-state index is 0.144. The Kier molecular flexibility index (Phi) is 4.38. The maximum atomic E-state index is 12.1. The van der Waals surface area contributed by atoms with Crippen LogP contribution in [0, 0.1) is 18.8 Å². The Balaban J connectivity index is 1.96. The predicted molar refractivity (Wildman–Crippen MR) is 76.4 cm³/mol. The highest BCUT2D eigenvalue weighted by atomic mass is 79.9. The second kappa shape index (κ2) is 5.83. The molecule has 0 aliphatic heterocycles. The van der Waals surface area contributed by atoms with Gasteiger partial charge in [0.25, 0.3) is 0 Å². The van der Waals surface area contributed by atoms with Gasteiger partial charge in [0.2, 0.25) is 5.91 Å². The highest BCUT2D eigenvalue weighted by molar-refractivity contribution is 9.10. The summed E-state index contributed by atoms with van der Waals surface area (Å²) < 4.78 is 0.826. The van der Waals surface area contributed by atoms with E-state index in [0.717, 1.165) is 47.5 Å². The number of halogens is 1. The van der Waals surface area contributed by atoms with Gasteiger partial charge in [0.1, 0.15) is 4.60 Å². The minimum Gasteiger partial charge on any atom is -0.324 e. The number of aryl methyl sites for hydroxylation is 1. The largest absolute Gasteiger partial charge is 0.324 e. The molecule has 18 heavy (non-hydrogen) atoms. The van der Waals surface area contributed by atoms with Crippen LogP contribution in [0.25, 0.3) is 0 Å². The molecule has 1 saturated carbocycles. The lowest BCUT2D eigenvalue weighted by molar-refractivity contribution is -0.121. The number of carbonyl (C=O) groups is 1. The smallest absolute Gasteiger partial charge is 0.227 e. The average Bonchev–Trinajstić information content (AvgIpc) is 2.34. The van der Waals surface area contributed by atoms with Crippen molar-refractivity contribution in [2.24, 2.45) is 11.8 Å². The van der Waals surface area contributed by atoms with Gasteiger partial charge < -0.3 is 5.32 Å². The van der Waals surface area contributed by atoms with Crippen LogP contribution in [0.2, 0.25) is 0 Å². The van der Waals surface area contributed by atoms with Gasteiger partial charge >= 0.3 is 0 Å². The highest BCUT2D eigenvalue weighted by Gasteiger charge is 2.24. The third kappa shape index (κ3) is 3.31. The number of aromatic nitrogens is 1. The molecule has 1 aliphatic rings. The molecule has 0 atom stereocenters. The van der Waals surface area contributed by atoms with E-state index in [0.29, 0.717) is 0 Å². The number of hydrogen-bond acceptors (Lipinski definition) is 2. The van der Waals surface area contributed by atoms with Crippen LogP contribution in [0.5, 0.6) is 0 Å². The van der Waals surface area contributed by atoms with Crippen molar-refractivity contribution in [1.29, 1.82) is 0 Å². The summed E-state index contributed by atoms with van der Waals surface area (Å²) in [5.74, 6) is 1.08. The number of nitrogens with zero attached hydrogens (tertiary/aromatic N) is 1. The van der Waals surface area contributed by atoms with Crippen LogP contribution in [0.1, 0.15) is 38.2 Å². The van der Waals surface area contributed by atoms with E-state index in [4.69, 9.17) is 0 Å². The zero-order chi connectivity index (χ0) is 13.1. The zero-order valence-electron chi connectivity index (χ0n) is 10.9. The quantitative estimate of drug-likeness (QED) is 0.841. The van der Waals surface area contributed by atoms with Gasteiger partial charge in [-0.05, 0) is 66.1 Å². The number of pyridine rings is 1. The average molecular weight is 311 g/mol. The third-order valence-corrected chi connectivity index (χ3v) is 4.50. The van der Waals surface area contributed by atoms with Crippen LogP contribution in [0.15, 0.2) is 16.9 Å². The Morgan fingerprint density at radius 2 is 2.06 bits per heavy atom. The summed E-state index contributed by atoms with van der Waals surface area (Å²) in [4.78, 5) is 16.3. The Hall–Kier alpha value is -0.900. The van der Waals surface area contributed by atoms with Crippen molar-refractivity contribution in [2.75, 3.05) is 5.32 Å². The van der Waals surface area contributed by atoms with Gasteiger partial charge in [-0.2, -0.15) is 0 Å². The fraction of sp³-hybridized carbons (Fsp3) is 0.571. The molecule has 1 aliphatic carbocycles. The maximum absolute atomic E-state index is 12.1. The molecule has 1 aromatic rings. The van der Waals surface area contributed by atoms with Crippen molar-refractivity contribution in [1.82, 2.24) is 4.98 Å². The van der Waals surface area contributed by atoms with E-state index in [1.54, 1.807) is 6.20 Å². The first-order chi connectivity index (χ1) is 8.56. The van der Waals surface area contributed by atoms with Crippen molar-refractivity contribution in [2.45, 2.75) is 39.5 Å². The Morgan fingerprint density at radius 3 is 2.67 bits per heavy atom. The van der Waals surface area contributed by atoms with Crippen molar-refractivity contribution in [3.63, 3.8) is 0 Å². The van der Waals surface area contributed by atoms with E-state index >= 15 is 0 Å². The summed E-state index contributed by atoms with van der Waals surface area (Å²) >= 11 is 3.35. The summed E-state index contributed by atoms with van der Waals surface area (Å²) in [6.45, 7) is 4.23. The second-order valence-electron chi connectivity index (χ2n) is 5.28. The summed E-state index contributed by atoms with van der Waals surface area (Å²) in [5.41, 5.74) is 1.82. The molecular formula is C14H19BrN2O. The van der Waals surface area contributed by atoms with E-state index in [1.807, 2.05) is 13.0 Å². The zero-order valence-corrected chi connectivity index (χ0v) is 12.5. The van der Waals surface area contributed by atoms with Gasteiger partial charge in [-0.25, -0.2) is 4.98 Å². The van der Waals surface area contributed by atoms with Crippen molar-refractivity contribution < 1.29 is 4.79 Å². The summed E-state index contributed by atoms with van der Waals surface area (Å²) in [7, 11) is 0. The van der Waals surface area contributed by atoms with Crippen LogP contribution in [-0.2, 0) is 4.79 Å². The van der Waals surface area contributed by atoms with Gasteiger partial charge in [0, 0.05) is 5.92 Å². The summed E-state index contributed by atoms with van der Waals surface area (Å²) in [5, 5.41) is 2.97. The predicted octanol–water partition coefficient (Wildman–Crippen LogP) is 3.92. The SMILES string of the molecule is Cc1cc(NC(=O)C2CCC(C)CC2)cnc1Br. The Morgan fingerprint density at radius 1 is 1.39 bits per heavy atom. The molecule has 2 rings (SSSR count). The molecule has 1 fully saturated rings. The molecule has 98 valence electrons. The molecule has 0 bridgehead atoms. The Bertz CT molecular complexity index is 439. The molecule has 1 N–H and O–H groups in total. The molecule has 0 saturated heterocycles. The first-order valence-corrected chi connectivity index (χ1v) is 7.28. The molecule has 1 heterocycles. The van der Waals surface area contributed by atoms with E-state index in [2.05, 4.69) is 33.2 Å². The molecule has 0 radical (unpaired) electrons. The number of amides is 1. The molecule has 3 nitrogen and oxygen atoms in total. The lowest BCUT2D eigenvalue weighted by Crippen LogP contribution is -2.26. The van der Waals surface area contributed by atoms with Gasteiger partial charge in [0.15, 0.2) is 0 Å². The van der Waals surface area contributed by atoms with E-state index in [1.165, 1.54) is 0 Å². The van der Waals surface area contributed by atoms with E-state index in [-0.39, 0.29) is 11.8 Å². The monoisotopic (exact) mass is 310 g/mol. The topological polar surface area (TPSA) is 42.0 Å². The van der Waals surface area contributed by atoms with Crippen LogP contribution < -0.4 is 5.32 Å². The van der Waals surface area contributed by atoms with Gasteiger partial charge in [0.05, 0.1) is 11.9 Å². The third-order valence-electron chi connectivity index (χ3n) is 3.67. The van der Waals surface area contributed by atoms with Crippen LogP contribution in [0.3, 0.4) is 0 Å². The molecule has 0 spiro atoms. The highest BCUT2D eigenvalue weighted by Crippen LogP contribution is 2.29. The molecular weight excluding hydrogens is 292 g/mol.